The topological polar surface area (TPSA) is 15.7 Å². The zero-order valence-electron chi connectivity index (χ0n) is 12.7. The maximum Gasteiger partial charge on any atom is 0.0603 e. The molecule has 3 nitrogen and oxygen atoms in total. The van der Waals surface area contributed by atoms with Gasteiger partial charge >= 0.3 is 0 Å². The molecule has 0 spiro atoms. The van der Waals surface area contributed by atoms with E-state index in [2.05, 4.69) is 69.3 Å². The van der Waals surface area contributed by atoms with Crippen LogP contribution in [0.2, 0.25) is 0 Å². The summed E-state index contributed by atoms with van der Waals surface area (Å²) in [4.78, 5) is 0. The quantitative estimate of drug-likeness (QED) is 0.757. The number of morpholine rings is 1. The predicted octanol–water partition coefficient (Wildman–Crippen LogP) is 3.58. The Balaban J connectivity index is 1.66. The van der Waals surface area contributed by atoms with E-state index in [1.807, 2.05) is 12.1 Å². The lowest BCUT2D eigenvalue weighted by molar-refractivity contribution is 0.0756. The van der Waals surface area contributed by atoms with E-state index in [0.717, 1.165) is 39.4 Å². The van der Waals surface area contributed by atoms with Gasteiger partial charge in [-0.1, -0.05) is 60.7 Å². The molecular formula is C18H22N2OS. The van der Waals surface area contributed by atoms with E-state index in [1.165, 1.54) is 11.1 Å². The maximum absolute atomic E-state index is 5.44. The van der Waals surface area contributed by atoms with Gasteiger partial charge in [0.25, 0.3) is 0 Å². The van der Waals surface area contributed by atoms with Gasteiger partial charge in [-0.3, -0.25) is 0 Å². The molecular weight excluding hydrogens is 292 g/mol. The van der Waals surface area contributed by atoms with E-state index in [1.54, 1.807) is 0 Å². The van der Waals surface area contributed by atoms with E-state index in [0.29, 0.717) is 0 Å². The van der Waals surface area contributed by atoms with Crippen LogP contribution in [0.5, 0.6) is 0 Å². The van der Waals surface area contributed by atoms with Crippen molar-refractivity contribution < 1.29 is 4.74 Å². The van der Waals surface area contributed by atoms with Crippen LogP contribution in [0.15, 0.2) is 60.7 Å². The largest absolute Gasteiger partial charge is 0.379 e. The lowest BCUT2D eigenvalue weighted by Crippen LogP contribution is -2.34. The lowest BCUT2D eigenvalue weighted by Gasteiger charge is -2.31. The van der Waals surface area contributed by atoms with Crippen molar-refractivity contribution in [3.05, 3.63) is 71.8 Å². The van der Waals surface area contributed by atoms with Crippen LogP contribution >= 0.6 is 12.1 Å². The third kappa shape index (κ3) is 4.85. The van der Waals surface area contributed by atoms with Gasteiger partial charge in [0.05, 0.1) is 13.2 Å². The smallest absolute Gasteiger partial charge is 0.0603 e. The van der Waals surface area contributed by atoms with Gasteiger partial charge in [-0.25, -0.2) is 8.61 Å². The molecule has 0 radical (unpaired) electrons. The summed E-state index contributed by atoms with van der Waals surface area (Å²) < 4.78 is 10.3. The van der Waals surface area contributed by atoms with Crippen LogP contribution in [0.3, 0.4) is 0 Å². The molecule has 22 heavy (non-hydrogen) atoms. The van der Waals surface area contributed by atoms with Crippen LogP contribution in [0.4, 0.5) is 0 Å². The van der Waals surface area contributed by atoms with Gasteiger partial charge < -0.3 is 4.74 Å². The Morgan fingerprint density at radius 1 is 0.818 bits per heavy atom. The number of rotatable bonds is 6. The number of benzene rings is 2. The molecule has 1 saturated heterocycles. The number of ether oxygens (including phenoxy) is 1. The fourth-order valence-electron chi connectivity index (χ4n) is 2.48. The molecule has 0 aromatic heterocycles. The molecule has 4 heteroatoms. The molecule has 1 aliphatic heterocycles. The fourth-order valence-corrected chi connectivity index (χ4v) is 3.53. The minimum Gasteiger partial charge on any atom is -0.379 e. The maximum atomic E-state index is 5.44. The highest BCUT2D eigenvalue weighted by Crippen LogP contribution is 2.23. The van der Waals surface area contributed by atoms with Crippen molar-refractivity contribution >= 4 is 12.1 Å². The Morgan fingerprint density at radius 3 is 1.82 bits per heavy atom. The zero-order valence-corrected chi connectivity index (χ0v) is 13.5. The van der Waals surface area contributed by atoms with Crippen molar-refractivity contribution in [3.63, 3.8) is 0 Å². The summed E-state index contributed by atoms with van der Waals surface area (Å²) in [6.07, 6.45) is 0. The Hall–Kier alpha value is -1.33. The van der Waals surface area contributed by atoms with Crippen LogP contribution in [0.25, 0.3) is 0 Å². The first kappa shape index (κ1) is 15.6. The standard InChI is InChI=1S/C18H22N2OS/c1-3-7-17(8-4-1)15-20(16-18-9-5-2-6-10-18)22-19-11-13-21-14-12-19/h1-10H,11-16H2. The Kier molecular flexibility index (Phi) is 5.90. The predicted molar refractivity (Wildman–Crippen MR) is 92.1 cm³/mol. The highest BCUT2D eigenvalue weighted by molar-refractivity contribution is 7.94. The second kappa shape index (κ2) is 8.34. The second-order valence-electron chi connectivity index (χ2n) is 5.39. The van der Waals surface area contributed by atoms with Crippen LogP contribution in [0.1, 0.15) is 11.1 Å². The van der Waals surface area contributed by atoms with Gasteiger partial charge in [0.1, 0.15) is 0 Å². The van der Waals surface area contributed by atoms with E-state index in [9.17, 15) is 0 Å². The molecule has 0 amide bonds. The molecule has 0 atom stereocenters. The minimum absolute atomic E-state index is 0.831. The summed E-state index contributed by atoms with van der Waals surface area (Å²) in [5.41, 5.74) is 2.69. The molecule has 3 rings (SSSR count). The summed E-state index contributed by atoms with van der Waals surface area (Å²) in [7, 11) is 0. The van der Waals surface area contributed by atoms with Gasteiger partial charge in [0.15, 0.2) is 0 Å². The molecule has 116 valence electrons. The Labute approximate surface area is 137 Å². The van der Waals surface area contributed by atoms with Gasteiger partial charge in [-0.15, -0.1) is 0 Å². The third-order valence-corrected chi connectivity index (χ3v) is 4.69. The third-order valence-electron chi connectivity index (χ3n) is 3.60. The fraction of sp³-hybridized carbons (Fsp3) is 0.333. The first-order valence-corrected chi connectivity index (χ1v) is 8.47. The zero-order chi connectivity index (χ0) is 15.0. The molecule has 0 N–H and O–H groups in total. The van der Waals surface area contributed by atoms with Crippen molar-refractivity contribution in [1.29, 1.82) is 0 Å². The van der Waals surface area contributed by atoms with Crippen LogP contribution < -0.4 is 0 Å². The molecule has 0 unspecified atom stereocenters. The summed E-state index contributed by atoms with van der Waals surface area (Å²) >= 11 is 1.84. The number of nitrogens with zero attached hydrogens (tertiary/aromatic N) is 2. The highest BCUT2D eigenvalue weighted by atomic mass is 32.2. The van der Waals surface area contributed by atoms with Gasteiger partial charge in [0, 0.05) is 38.3 Å². The minimum atomic E-state index is 0.831. The average molecular weight is 314 g/mol. The molecule has 2 aromatic carbocycles. The van der Waals surface area contributed by atoms with E-state index >= 15 is 0 Å². The number of hydrogen-bond donors (Lipinski definition) is 0. The lowest BCUT2D eigenvalue weighted by atomic mass is 10.2. The Morgan fingerprint density at radius 2 is 1.32 bits per heavy atom. The van der Waals surface area contributed by atoms with Gasteiger partial charge in [-0.05, 0) is 11.1 Å². The summed E-state index contributed by atoms with van der Waals surface area (Å²) in [6, 6.07) is 21.3. The van der Waals surface area contributed by atoms with Crippen molar-refractivity contribution in [2.75, 3.05) is 26.3 Å². The van der Waals surface area contributed by atoms with Crippen LogP contribution in [-0.4, -0.2) is 34.9 Å². The first-order chi connectivity index (χ1) is 10.9. The Bertz CT molecular complexity index is 502. The normalized spacial score (nSPS) is 16.0. The monoisotopic (exact) mass is 314 g/mol. The molecule has 1 aliphatic rings. The van der Waals surface area contributed by atoms with Crippen molar-refractivity contribution in [2.24, 2.45) is 0 Å². The molecule has 1 heterocycles. The first-order valence-electron chi connectivity index (χ1n) is 7.74. The second-order valence-corrected chi connectivity index (χ2v) is 6.59. The molecule has 2 aromatic rings. The van der Waals surface area contributed by atoms with Crippen molar-refractivity contribution in [3.8, 4) is 0 Å². The van der Waals surface area contributed by atoms with Crippen molar-refractivity contribution in [2.45, 2.75) is 13.1 Å². The van der Waals surface area contributed by atoms with E-state index in [-0.39, 0.29) is 0 Å². The average Bonchev–Trinajstić information content (AvgIpc) is 2.57. The molecule has 1 fully saturated rings. The van der Waals surface area contributed by atoms with Crippen LogP contribution in [-0.2, 0) is 17.8 Å². The van der Waals surface area contributed by atoms with Gasteiger partial charge in [-0.2, -0.15) is 0 Å². The molecule has 0 saturated carbocycles. The summed E-state index contributed by atoms with van der Waals surface area (Å²) in [6.45, 7) is 5.53. The molecule has 0 bridgehead atoms. The van der Waals surface area contributed by atoms with Gasteiger partial charge in [0.2, 0.25) is 0 Å². The molecule has 0 aliphatic carbocycles. The van der Waals surface area contributed by atoms with E-state index in [4.69, 9.17) is 4.74 Å². The van der Waals surface area contributed by atoms with Crippen LogP contribution in [0, 0.1) is 0 Å². The highest BCUT2D eigenvalue weighted by Gasteiger charge is 2.16. The van der Waals surface area contributed by atoms with E-state index < -0.39 is 0 Å². The SMILES string of the molecule is c1ccc(CN(Cc2ccccc2)SN2CCOCC2)cc1. The summed E-state index contributed by atoms with van der Waals surface area (Å²) in [5, 5.41) is 0. The summed E-state index contributed by atoms with van der Waals surface area (Å²) in [5.74, 6) is 0. The van der Waals surface area contributed by atoms with Crippen molar-refractivity contribution in [1.82, 2.24) is 8.61 Å². The number of hydrogen-bond acceptors (Lipinski definition) is 4.